The first-order valence-corrected chi connectivity index (χ1v) is 9.00. The van der Waals surface area contributed by atoms with E-state index in [1.54, 1.807) is 0 Å². The molecule has 3 amide bonds. The molecule has 1 saturated carbocycles. The van der Waals surface area contributed by atoms with Gasteiger partial charge in [0.05, 0.1) is 5.92 Å². The van der Waals surface area contributed by atoms with E-state index in [9.17, 15) is 19.5 Å². The van der Waals surface area contributed by atoms with E-state index in [0.717, 1.165) is 16.7 Å². The van der Waals surface area contributed by atoms with Gasteiger partial charge in [-0.3, -0.25) is 14.9 Å². The summed E-state index contributed by atoms with van der Waals surface area (Å²) in [4.78, 5) is 35.4. The molecule has 1 aliphatic carbocycles. The molecular formula is C21H20N2O4. The standard InChI is InChI=1S/C21H20N2O4/c24-18(25)16-12-17(16)21(19(26)22-20(27)23-21)11-10-13-6-8-15(9-7-13)14-4-2-1-3-5-14/h1-9,16-17H,10-12H2,(H,24,25)(H2,22,23,26,27)/t16-,17-,21?/m0/s1. The summed E-state index contributed by atoms with van der Waals surface area (Å²) < 4.78 is 0. The maximum Gasteiger partial charge on any atom is 0.322 e. The number of amides is 3. The highest BCUT2D eigenvalue weighted by atomic mass is 16.4. The fourth-order valence-corrected chi connectivity index (χ4v) is 3.98. The summed E-state index contributed by atoms with van der Waals surface area (Å²) in [5, 5.41) is 14.2. The Kier molecular flexibility index (Phi) is 4.18. The van der Waals surface area contributed by atoms with Gasteiger partial charge in [-0.25, -0.2) is 4.79 Å². The van der Waals surface area contributed by atoms with Crippen LogP contribution in [-0.4, -0.2) is 28.6 Å². The number of carbonyl (C=O) groups excluding carboxylic acids is 2. The first-order chi connectivity index (χ1) is 13.0. The predicted molar refractivity (Wildman–Crippen MR) is 98.8 cm³/mol. The Bertz CT molecular complexity index is 894. The van der Waals surface area contributed by atoms with Crippen LogP contribution in [0.15, 0.2) is 54.6 Å². The molecule has 0 aromatic heterocycles. The summed E-state index contributed by atoms with van der Waals surface area (Å²) in [5.41, 5.74) is 2.15. The fourth-order valence-electron chi connectivity index (χ4n) is 3.98. The van der Waals surface area contributed by atoms with Crippen molar-refractivity contribution < 1.29 is 19.5 Å². The van der Waals surface area contributed by atoms with Crippen molar-refractivity contribution in [2.24, 2.45) is 11.8 Å². The van der Waals surface area contributed by atoms with Crippen molar-refractivity contribution in [1.29, 1.82) is 0 Å². The minimum absolute atomic E-state index is 0.356. The lowest BCUT2D eigenvalue weighted by Gasteiger charge is -2.26. The van der Waals surface area contributed by atoms with Crippen LogP contribution in [0.3, 0.4) is 0 Å². The Labute approximate surface area is 156 Å². The molecule has 0 bridgehead atoms. The van der Waals surface area contributed by atoms with E-state index in [0.29, 0.717) is 19.3 Å². The number of benzene rings is 2. The number of carboxylic acids is 1. The number of aliphatic carboxylic acids is 1. The van der Waals surface area contributed by atoms with Gasteiger partial charge in [0.15, 0.2) is 0 Å². The summed E-state index contributed by atoms with van der Waals surface area (Å²) in [5.74, 6) is -2.26. The molecule has 2 aromatic carbocycles. The summed E-state index contributed by atoms with van der Waals surface area (Å²) >= 11 is 0. The number of aryl methyl sites for hydroxylation is 1. The predicted octanol–water partition coefficient (Wildman–Crippen LogP) is 2.59. The van der Waals surface area contributed by atoms with E-state index in [1.165, 1.54) is 0 Å². The van der Waals surface area contributed by atoms with Crippen LogP contribution in [0.4, 0.5) is 4.79 Å². The number of rotatable bonds is 6. The molecule has 1 heterocycles. The van der Waals surface area contributed by atoms with Crippen LogP contribution in [0.2, 0.25) is 0 Å². The van der Waals surface area contributed by atoms with Crippen LogP contribution in [0.1, 0.15) is 18.4 Å². The topological polar surface area (TPSA) is 95.5 Å². The zero-order chi connectivity index (χ0) is 19.0. The average molecular weight is 364 g/mol. The number of carboxylic acid groups (broad SMARTS) is 1. The van der Waals surface area contributed by atoms with Gasteiger partial charge >= 0.3 is 12.0 Å². The highest BCUT2D eigenvalue weighted by Gasteiger charge is 2.62. The minimum atomic E-state index is -1.13. The molecule has 4 rings (SSSR count). The molecule has 2 fully saturated rings. The second kappa shape index (κ2) is 6.54. The molecule has 1 saturated heterocycles. The third kappa shape index (κ3) is 3.18. The van der Waals surface area contributed by atoms with Crippen molar-refractivity contribution in [2.45, 2.75) is 24.8 Å². The van der Waals surface area contributed by atoms with Gasteiger partial charge in [0.1, 0.15) is 5.54 Å². The summed E-state index contributed by atoms with van der Waals surface area (Å²) in [6.45, 7) is 0. The van der Waals surface area contributed by atoms with Crippen LogP contribution < -0.4 is 10.6 Å². The van der Waals surface area contributed by atoms with Crippen molar-refractivity contribution in [1.82, 2.24) is 10.6 Å². The van der Waals surface area contributed by atoms with Gasteiger partial charge < -0.3 is 10.4 Å². The lowest BCUT2D eigenvalue weighted by molar-refractivity contribution is -0.139. The van der Waals surface area contributed by atoms with Gasteiger partial charge in [0, 0.05) is 5.92 Å². The zero-order valence-electron chi connectivity index (χ0n) is 14.6. The highest BCUT2D eigenvalue weighted by Crippen LogP contribution is 2.49. The quantitative estimate of drug-likeness (QED) is 0.687. The molecule has 3 atom stereocenters. The Balaban J connectivity index is 1.49. The van der Waals surface area contributed by atoms with Crippen molar-refractivity contribution in [2.75, 3.05) is 0 Å². The van der Waals surface area contributed by atoms with Crippen molar-refractivity contribution in [3.63, 3.8) is 0 Å². The Morgan fingerprint density at radius 2 is 1.70 bits per heavy atom. The van der Waals surface area contributed by atoms with Gasteiger partial charge in [-0.1, -0.05) is 54.6 Å². The van der Waals surface area contributed by atoms with Crippen molar-refractivity contribution >= 4 is 17.9 Å². The van der Waals surface area contributed by atoms with Crippen LogP contribution in [0.5, 0.6) is 0 Å². The molecular weight excluding hydrogens is 344 g/mol. The van der Waals surface area contributed by atoms with Crippen molar-refractivity contribution in [3.8, 4) is 11.1 Å². The number of urea groups is 1. The zero-order valence-corrected chi connectivity index (χ0v) is 14.6. The number of imide groups is 1. The maximum atomic E-state index is 12.4. The Hall–Kier alpha value is -3.15. The molecule has 3 N–H and O–H groups in total. The van der Waals surface area contributed by atoms with Gasteiger partial charge in [-0.2, -0.15) is 0 Å². The van der Waals surface area contributed by atoms with Gasteiger partial charge in [0.2, 0.25) is 0 Å². The third-order valence-corrected chi connectivity index (χ3v) is 5.58. The average Bonchev–Trinajstić information content (AvgIpc) is 3.42. The van der Waals surface area contributed by atoms with E-state index in [1.807, 2.05) is 54.6 Å². The minimum Gasteiger partial charge on any atom is -0.481 e. The molecule has 6 heteroatoms. The van der Waals surface area contributed by atoms with E-state index in [4.69, 9.17) is 0 Å². The molecule has 2 aromatic rings. The van der Waals surface area contributed by atoms with E-state index in [-0.39, 0.29) is 5.92 Å². The molecule has 0 radical (unpaired) electrons. The number of hydrogen-bond acceptors (Lipinski definition) is 3. The van der Waals surface area contributed by atoms with Crippen LogP contribution in [0, 0.1) is 11.8 Å². The lowest BCUT2D eigenvalue weighted by atomic mass is 9.85. The summed E-state index contributed by atoms with van der Waals surface area (Å²) in [6, 6.07) is 17.6. The number of carbonyl (C=O) groups is 3. The van der Waals surface area contributed by atoms with Crippen LogP contribution in [0.25, 0.3) is 11.1 Å². The molecule has 6 nitrogen and oxygen atoms in total. The van der Waals surface area contributed by atoms with E-state index >= 15 is 0 Å². The lowest BCUT2D eigenvalue weighted by Crippen LogP contribution is -2.50. The molecule has 138 valence electrons. The molecule has 1 aliphatic heterocycles. The molecule has 27 heavy (non-hydrogen) atoms. The van der Waals surface area contributed by atoms with E-state index in [2.05, 4.69) is 10.6 Å². The van der Waals surface area contributed by atoms with Crippen LogP contribution >= 0.6 is 0 Å². The molecule has 2 aliphatic rings. The second-order valence-electron chi connectivity index (χ2n) is 7.23. The smallest absolute Gasteiger partial charge is 0.322 e. The maximum absolute atomic E-state index is 12.4. The summed E-state index contributed by atoms with van der Waals surface area (Å²) in [6.07, 6.45) is 1.37. The first kappa shape index (κ1) is 17.3. The highest BCUT2D eigenvalue weighted by molar-refractivity contribution is 6.08. The molecule has 1 unspecified atom stereocenters. The van der Waals surface area contributed by atoms with Crippen molar-refractivity contribution in [3.05, 3.63) is 60.2 Å². The summed E-state index contributed by atoms with van der Waals surface area (Å²) in [7, 11) is 0. The number of nitrogens with one attached hydrogen (secondary N) is 2. The Morgan fingerprint density at radius 3 is 2.26 bits per heavy atom. The SMILES string of the molecule is O=C1NC(=O)C(CCc2ccc(-c3ccccc3)cc2)([C@H]2C[C@@H]2C(=O)O)N1. The second-order valence-corrected chi connectivity index (χ2v) is 7.23. The largest absolute Gasteiger partial charge is 0.481 e. The van der Waals surface area contributed by atoms with Gasteiger partial charge in [-0.15, -0.1) is 0 Å². The fraction of sp³-hybridized carbons (Fsp3) is 0.286. The number of hydrogen-bond donors (Lipinski definition) is 3. The van der Waals surface area contributed by atoms with Gasteiger partial charge in [-0.05, 0) is 36.0 Å². The monoisotopic (exact) mass is 364 g/mol. The first-order valence-electron chi connectivity index (χ1n) is 9.00. The van der Waals surface area contributed by atoms with Crippen LogP contribution in [-0.2, 0) is 16.0 Å². The van der Waals surface area contributed by atoms with E-state index < -0.39 is 29.4 Å². The third-order valence-electron chi connectivity index (χ3n) is 5.58. The Morgan fingerprint density at radius 1 is 1.04 bits per heavy atom. The normalized spacial score (nSPS) is 26.4. The van der Waals surface area contributed by atoms with Gasteiger partial charge in [0.25, 0.3) is 5.91 Å². The molecule has 0 spiro atoms.